The molecule has 4 rings (SSSR count). The van der Waals surface area contributed by atoms with Crippen LogP contribution in [0.2, 0.25) is 0 Å². The number of thiazole rings is 1. The van der Waals surface area contributed by atoms with Crippen LogP contribution in [-0.4, -0.2) is 34.2 Å². The fourth-order valence-electron chi connectivity index (χ4n) is 2.84. The van der Waals surface area contributed by atoms with Gasteiger partial charge in [0.15, 0.2) is 0 Å². The van der Waals surface area contributed by atoms with Crippen LogP contribution in [0.1, 0.15) is 17.3 Å². The summed E-state index contributed by atoms with van der Waals surface area (Å²) in [5, 5.41) is 9.16. The normalized spacial score (nSPS) is 10.8. The number of carbonyl (C=O) groups excluding carboxylic acids is 1. The number of rotatable bonds is 6. The van der Waals surface area contributed by atoms with E-state index in [1.54, 1.807) is 29.8 Å². The Balaban J connectivity index is 1.62. The van der Waals surface area contributed by atoms with Gasteiger partial charge >= 0.3 is 0 Å². The predicted molar refractivity (Wildman–Crippen MR) is 108 cm³/mol. The first-order valence-electron chi connectivity index (χ1n) is 8.71. The lowest BCUT2D eigenvalue weighted by atomic mass is 10.1. The number of benzene rings is 2. The smallest absolute Gasteiger partial charge is 0.258 e. The number of hydrogen-bond donors (Lipinski definition) is 1. The van der Waals surface area contributed by atoms with Gasteiger partial charge in [0.2, 0.25) is 4.96 Å². The predicted octanol–water partition coefficient (Wildman–Crippen LogP) is 4.12. The lowest BCUT2D eigenvalue weighted by molar-refractivity contribution is 0.102. The number of fused-ring (bicyclic) bond motifs is 1. The number of ether oxygens (including phenoxy) is 2. The average Bonchev–Trinajstić information content (AvgIpc) is 3.28. The molecular formula is C20H18N4O3S. The fraction of sp³-hybridized carbons (Fsp3) is 0.150. The van der Waals surface area contributed by atoms with Crippen molar-refractivity contribution in [1.82, 2.24) is 14.6 Å². The molecule has 142 valence electrons. The summed E-state index contributed by atoms with van der Waals surface area (Å²) in [6, 6.07) is 14.7. The molecule has 2 aromatic carbocycles. The Labute approximate surface area is 165 Å². The molecule has 28 heavy (non-hydrogen) atoms. The van der Waals surface area contributed by atoms with Gasteiger partial charge in [0.25, 0.3) is 11.9 Å². The van der Waals surface area contributed by atoms with Gasteiger partial charge in [-0.2, -0.15) is 4.98 Å². The molecule has 1 amide bonds. The third-order valence-electron chi connectivity index (χ3n) is 4.10. The molecule has 0 unspecified atom stereocenters. The third kappa shape index (κ3) is 3.41. The van der Waals surface area contributed by atoms with Crippen molar-refractivity contribution in [1.29, 1.82) is 0 Å². The van der Waals surface area contributed by atoms with E-state index in [4.69, 9.17) is 9.47 Å². The molecule has 0 saturated heterocycles. The minimum atomic E-state index is -0.293. The van der Waals surface area contributed by atoms with E-state index in [0.29, 0.717) is 22.9 Å². The number of anilines is 1. The van der Waals surface area contributed by atoms with Crippen molar-refractivity contribution >= 4 is 28.2 Å². The molecule has 0 aliphatic carbocycles. The number of nitrogens with one attached hydrogen (secondary N) is 1. The van der Waals surface area contributed by atoms with Crippen LogP contribution >= 0.6 is 11.3 Å². The average molecular weight is 394 g/mol. The molecule has 0 fully saturated rings. The second-order valence-electron chi connectivity index (χ2n) is 5.87. The molecule has 2 aromatic heterocycles. The Hall–Kier alpha value is -3.39. The Morgan fingerprint density at radius 2 is 2.07 bits per heavy atom. The van der Waals surface area contributed by atoms with Crippen molar-refractivity contribution in [2.45, 2.75) is 6.92 Å². The number of methoxy groups -OCH3 is 1. The summed E-state index contributed by atoms with van der Waals surface area (Å²) in [7, 11) is 1.63. The highest BCUT2D eigenvalue weighted by atomic mass is 32.1. The van der Waals surface area contributed by atoms with Crippen LogP contribution in [0.5, 0.6) is 11.5 Å². The zero-order valence-corrected chi connectivity index (χ0v) is 16.2. The van der Waals surface area contributed by atoms with Crippen molar-refractivity contribution < 1.29 is 14.3 Å². The molecule has 0 aliphatic heterocycles. The lowest BCUT2D eigenvalue weighted by Crippen LogP contribution is -2.13. The fourth-order valence-corrected chi connectivity index (χ4v) is 3.67. The van der Waals surface area contributed by atoms with E-state index in [-0.39, 0.29) is 11.9 Å². The Kier molecular flexibility index (Phi) is 4.94. The van der Waals surface area contributed by atoms with Crippen LogP contribution in [0.15, 0.2) is 53.9 Å². The van der Waals surface area contributed by atoms with Crippen LogP contribution in [0, 0.1) is 0 Å². The van der Waals surface area contributed by atoms with Gasteiger partial charge in [0.05, 0.1) is 19.4 Å². The standard InChI is InChI=1S/C20H18N4O3S/c1-3-27-14-8-6-7-13(11-14)18(25)21-19-22-20-24(23-19)16(12-28-20)15-9-4-5-10-17(15)26-2/h4-12H,3H2,1-2H3,(H,21,23,25). The summed E-state index contributed by atoms with van der Waals surface area (Å²) in [6.45, 7) is 2.43. The van der Waals surface area contributed by atoms with Crippen LogP contribution in [0.4, 0.5) is 5.95 Å². The van der Waals surface area contributed by atoms with Gasteiger partial charge in [-0.05, 0) is 37.3 Å². The molecule has 2 heterocycles. The number of para-hydroxylation sites is 1. The second kappa shape index (κ2) is 7.69. The minimum absolute atomic E-state index is 0.245. The maximum atomic E-state index is 12.6. The van der Waals surface area contributed by atoms with Crippen LogP contribution in [0.25, 0.3) is 16.2 Å². The number of hydrogen-bond acceptors (Lipinski definition) is 6. The topological polar surface area (TPSA) is 77.8 Å². The highest BCUT2D eigenvalue weighted by Crippen LogP contribution is 2.32. The van der Waals surface area contributed by atoms with Crippen molar-refractivity contribution in [2.24, 2.45) is 0 Å². The highest BCUT2D eigenvalue weighted by molar-refractivity contribution is 7.15. The number of nitrogens with zero attached hydrogens (tertiary/aromatic N) is 3. The maximum Gasteiger partial charge on any atom is 0.258 e. The van der Waals surface area contributed by atoms with Gasteiger partial charge in [0.1, 0.15) is 11.5 Å². The van der Waals surface area contributed by atoms with E-state index in [0.717, 1.165) is 17.0 Å². The molecule has 0 spiro atoms. The van der Waals surface area contributed by atoms with Crippen molar-refractivity contribution in [3.63, 3.8) is 0 Å². The molecule has 4 aromatic rings. The van der Waals surface area contributed by atoms with Gasteiger partial charge in [0, 0.05) is 16.5 Å². The lowest BCUT2D eigenvalue weighted by Gasteiger charge is -2.06. The zero-order chi connectivity index (χ0) is 19.5. The van der Waals surface area contributed by atoms with Crippen molar-refractivity contribution in [2.75, 3.05) is 19.0 Å². The number of aromatic nitrogens is 3. The van der Waals surface area contributed by atoms with E-state index in [1.165, 1.54) is 11.3 Å². The number of carbonyl (C=O) groups is 1. The van der Waals surface area contributed by atoms with Gasteiger partial charge in [-0.15, -0.1) is 16.4 Å². The summed E-state index contributed by atoms with van der Waals surface area (Å²) >= 11 is 1.44. The molecule has 0 atom stereocenters. The molecule has 0 bridgehead atoms. The van der Waals surface area contributed by atoms with Crippen molar-refractivity contribution in [3.8, 4) is 22.8 Å². The van der Waals surface area contributed by atoms with E-state index < -0.39 is 0 Å². The maximum absolute atomic E-state index is 12.6. The highest BCUT2D eigenvalue weighted by Gasteiger charge is 2.16. The van der Waals surface area contributed by atoms with Gasteiger partial charge in [-0.25, -0.2) is 4.52 Å². The summed E-state index contributed by atoms with van der Waals surface area (Å²) in [6.07, 6.45) is 0. The van der Waals surface area contributed by atoms with E-state index >= 15 is 0 Å². The molecule has 0 saturated carbocycles. The Morgan fingerprint density at radius 1 is 1.21 bits per heavy atom. The quantitative estimate of drug-likeness (QED) is 0.532. The molecule has 7 nitrogen and oxygen atoms in total. The summed E-state index contributed by atoms with van der Waals surface area (Å²) in [5.41, 5.74) is 2.24. The van der Waals surface area contributed by atoms with Crippen molar-refractivity contribution in [3.05, 3.63) is 59.5 Å². The van der Waals surface area contributed by atoms with E-state index in [2.05, 4.69) is 15.4 Å². The number of amides is 1. The summed E-state index contributed by atoms with van der Waals surface area (Å²) in [4.78, 5) is 17.6. The molecule has 0 aliphatic rings. The second-order valence-corrected chi connectivity index (χ2v) is 6.70. The first-order valence-corrected chi connectivity index (χ1v) is 9.59. The van der Waals surface area contributed by atoms with E-state index in [1.807, 2.05) is 42.6 Å². The first kappa shape index (κ1) is 18.0. The Bertz CT molecular complexity index is 1140. The third-order valence-corrected chi connectivity index (χ3v) is 4.91. The largest absolute Gasteiger partial charge is 0.496 e. The molecule has 8 heteroatoms. The van der Waals surface area contributed by atoms with Gasteiger partial charge in [-0.1, -0.05) is 18.2 Å². The SMILES string of the molecule is CCOc1cccc(C(=O)Nc2nc3scc(-c4ccccc4OC)n3n2)c1. The summed E-state index contributed by atoms with van der Waals surface area (Å²) in [5.74, 6) is 1.34. The molecule has 0 radical (unpaired) electrons. The Morgan fingerprint density at radius 3 is 2.89 bits per heavy atom. The molecule has 1 N–H and O–H groups in total. The van der Waals surface area contributed by atoms with Gasteiger partial charge in [-0.3, -0.25) is 10.1 Å². The monoisotopic (exact) mass is 394 g/mol. The van der Waals surface area contributed by atoms with Crippen LogP contribution in [0.3, 0.4) is 0 Å². The zero-order valence-electron chi connectivity index (χ0n) is 15.4. The summed E-state index contributed by atoms with van der Waals surface area (Å²) < 4.78 is 12.6. The van der Waals surface area contributed by atoms with Crippen LogP contribution in [-0.2, 0) is 0 Å². The molecular weight excluding hydrogens is 376 g/mol. The van der Waals surface area contributed by atoms with Gasteiger partial charge < -0.3 is 9.47 Å². The van der Waals surface area contributed by atoms with E-state index in [9.17, 15) is 4.79 Å². The van der Waals surface area contributed by atoms with Crippen LogP contribution < -0.4 is 14.8 Å². The minimum Gasteiger partial charge on any atom is -0.496 e. The first-order chi connectivity index (χ1) is 13.7.